The van der Waals surface area contributed by atoms with Crippen LogP contribution >= 0.6 is 0 Å². The highest BCUT2D eigenvalue weighted by Crippen LogP contribution is 2.31. The van der Waals surface area contributed by atoms with Crippen LogP contribution < -0.4 is 10.0 Å². The number of aryl methyl sites for hydroxylation is 1. The number of hydrogen-bond donors (Lipinski definition) is 2. The zero-order chi connectivity index (χ0) is 25.0. The first-order valence-electron chi connectivity index (χ1n) is 10.2. The van der Waals surface area contributed by atoms with E-state index in [0.29, 0.717) is 29.5 Å². The van der Waals surface area contributed by atoms with Gasteiger partial charge < -0.3 is 5.32 Å². The number of nitrogens with one attached hydrogen (secondary N) is 2. The van der Waals surface area contributed by atoms with Gasteiger partial charge in [-0.05, 0) is 67.3 Å². The number of halogens is 4. The maximum atomic E-state index is 14.2. The van der Waals surface area contributed by atoms with E-state index in [4.69, 9.17) is 0 Å². The molecule has 0 fully saturated rings. The molecule has 0 unspecified atom stereocenters. The summed E-state index contributed by atoms with van der Waals surface area (Å²) in [4.78, 5) is 12.6. The quantitative estimate of drug-likeness (QED) is 0.385. The lowest BCUT2D eigenvalue weighted by atomic mass is 9.98. The van der Waals surface area contributed by atoms with Crippen LogP contribution in [0.4, 0.5) is 23.2 Å². The van der Waals surface area contributed by atoms with Crippen molar-refractivity contribution >= 4 is 27.7 Å². The molecule has 10 heteroatoms. The van der Waals surface area contributed by atoms with Crippen molar-refractivity contribution in [3.63, 3.8) is 0 Å². The fraction of sp³-hybridized carbons (Fsp3) is 0.348. The summed E-state index contributed by atoms with van der Waals surface area (Å²) in [6, 6.07) is 6.67. The van der Waals surface area contributed by atoms with Gasteiger partial charge in [0.2, 0.25) is 15.9 Å². The summed E-state index contributed by atoms with van der Waals surface area (Å²) in [6.07, 6.45) is -0.962. The fourth-order valence-electron chi connectivity index (χ4n) is 3.18. The van der Waals surface area contributed by atoms with Crippen LogP contribution in [-0.2, 0) is 27.4 Å². The second-order valence-electron chi connectivity index (χ2n) is 7.80. The Labute approximate surface area is 190 Å². The van der Waals surface area contributed by atoms with Crippen LogP contribution in [0, 0.1) is 5.82 Å². The predicted octanol–water partition coefficient (Wildman–Crippen LogP) is 5.45. The van der Waals surface area contributed by atoms with Gasteiger partial charge in [-0.1, -0.05) is 25.5 Å². The lowest BCUT2D eigenvalue weighted by Crippen LogP contribution is -2.27. The van der Waals surface area contributed by atoms with Crippen LogP contribution in [0.5, 0.6) is 0 Å². The third-order valence-electron chi connectivity index (χ3n) is 4.86. The van der Waals surface area contributed by atoms with E-state index in [1.807, 2.05) is 6.92 Å². The number of amides is 1. The van der Waals surface area contributed by atoms with Crippen LogP contribution in [0.3, 0.4) is 0 Å². The van der Waals surface area contributed by atoms with Crippen LogP contribution in [0.1, 0.15) is 55.5 Å². The first-order chi connectivity index (χ1) is 15.2. The van der Waals surface area contributed by atoms with Crippen molar-refractivity contribution in [2.75, 3.05) is 11.0 Å². The first-order valence-corrected chi connectivity index (χ1v) is 12.1. The highest BCUT2D eigenvalue weighted by molar-refractivity contribution is 7.92. The monoisotopic (exact) mass is 486 g/mol. The molecule has 0 aliphatic heterocycles. The van der Waals surface area contributed by atoms with Gasteiger partial charge >= 0.3 is 6.18 Å². The third kappa shape index (κ3) is 7.59. The van der Waals surface area contributed by atoms with Gasteiger partial charge in [0.1, 0.15) is 5.82 Å². The van der Waals surface area contributed by atoms with Crippen molar-refractivity contribution in [2.24, 2.45) is 0 Å². The zero-order valence-corrected chi connectivity index (χ0v) is 19.5. The molecule has 5 nitrogen and oxygen atoms in total. The predicted molar refractivity (Wildman–Crippen MR) is 121 cm³/mol. The Morgan fingerprint density at radius 1 is 1.15 bits per heavy atom. The molecule has 0 bridgehead atoms. The van der Waals surface area contributed by atoms with Crippen molar-refractivity contribution in [2.45, 2.75) is 45.8 Å². The molecule has 33 heavy (non-hydrogen) atoms. The van der Waals surface area contributed by atoms with Crippen molar-refractivity contribution < 1.29 is 30.8 Å². The van der Waals surface area contributed by atoms with Gasteiger partial charge in [0.15, 0.2) is 0 Å². The minimum atomic E-state index is -4.45. The maximum absolute atomic E-state index is 14.2. The van der Waals surface area contributed by atoms with Gasteiger partial charge in [-0.2, -0.15) is 13.2 Å². The minimum Gasteiger partial charge on any atom is -0.346 e. The molecule has 0 heterocycles. The van der Waals surface area contributed by atoms with Gasteiger partial charge in [-0.3, -0.25) is 9.52 Å². The molecule has 0 spiro atoms. The van der Waals surface area contributed by atoms with Gasteiger partial charge in [-0.25, -0.2) is 12.8 Å². The van der Waals surface area contributed by atoms with Crippen molar-refractivity contribution in [1.82, 2.24) is 5.32 Å². The molecule has 2 aromatic rings. The summed E-state index contributed by atoms with van der Waals surface area (Å²) in [5.74, 6) is -1.26. The average Bonchev–Trinajstić information content (AvgIpc) is 2.69. The summed E-state index contributed by atoms with van der Waals surface area (Å²) in [5, 5.41) is 2.71. The second-order valence-corrected chi connectivity index (χ2v) is 9.55. The number of rotatable bonds is 8. The van der Waals surface area contributed by atoms with Crippen LogP contribution in [0.2, 0.25) is 0 Å². The topological polar surface area (TPSA) is 75.3 Å². The Balaban J connectivity index is 2.20. The molecule has 180 valence electrons. The van der Waals surface area contributed by atoms with Gasteiger partial charge in [0.25, 0.3) is 0 Å². The highest BCUT2D eigenvalue weighted by Gasteiger charge is 2.30. The smallest absolute Gasteiger partial charge is 0.346 e. The number of carbonyl (C=O) groups is 1. The molecule has 2 aromatic carbocycles. The van der Waals surface area contributed by atoms with Crippen molar-refractivity contribution in [3.8, 4) is 0 Å². The lowest BCUT2D eigenvalue weighted by Gasteiger charge is -2.16. The van der Waals surface area contributed by atoms with Crippen molar-refractivity contribution in [1.29, 1.82) is 0 Å². The molecule has 0 aliphatic carbocycles. The van der Waals surface area contributed by atoms with E-state index in [1.165, 1.54) is 31.2 Å². The van der Waals surface area contributed by atoms with Crippen LogP contribution in [0.15, 0.2) is 42.0 Å². The van der Waals surface area contributed by atoms with Crippen molar-refractivity contribution in [3.05, 3.63) is 70.0 Å². The Bertz CT molecular complexity index is 1160. The van der Waals surface area contributed by atoms with E-state index < -0.39 is 39.5 Å². The standard InChI is InChI=1S/C23H26F4N2O3S/c1-5-6-17-12-19(23(25,26)27)9-7-18(17)11-14(2)22(30)28-15(3)16-8-10-21(20(24)13-16)29-33(4,31)32/h7-13,15,29H,5-6H2,1-4H3,(H,28,30)/b14-11+/t15-/m1/s1. The molecule has 2 N–H and O–H groups in total. The van der Waals surface area contributed by atoms with Gasteiger partial charge in [-0.15, -0.1) is 0 Å². The maximum Gasteiger partial charge on any atom is 0.416 e. The number of hydrogen-bond acceptors (Lipinski definition) is 3. The Hall–Kier alpha value is -2.88. The summed E-state index contributed by atoms with van der Waals surface area (Å²) in [6.45, 7) is 5.02. The van der Waals surface area contributed by atoms with Gasteiger partial charge in [0, 0.05) is 5.57 Å². The molecule has 0 radical (unpaired) electrons. The second kappa shape index (κ2) is 10.4. The Kier molecular flexibility index (Phi) is 8.29. The third-order valence-corrected chi connectivity index (χ3v) is 5.45. The van der Waals surface area contributed by atoms with E-state index >= 15 is 0 Å². The fourth-order valence-corrected chi connectivity index (χ4v) is 3.75. The Morgan fingerprint density at radius 3 is 2.36 bits per heavy atom. The molecule has 1 amide bonds. The van der Waals surface area contributed by atoms with Crippen LogP contribution in [0.25, 0.3) is 6.08 Å². The molecule has 0 saturated carbocycles. The van der Waals surface area contributed by atoms with Gasteiger partial charge in [0.05, 0.1) is 23.5 Å². The number of alkyl halides is 3. The van der Waals surface area contributed by atoms with E-state index in [-0.39, 0.29) is 11.3 Å². The van der Waals surface area contributed by atoms with E-state index in [1.54, 1.807) is 6.92 Å². The molecular formula is C23H26F4N2O3S. The van der Waals surface area contributed by atoms with E-state index in [2.05, 4.69) is 10.0 Å². The number of sulfonamides is 1. The van der Waals surface area contributed by atoms with E-state index in [0.717, 1.165) is 24.5 Å². The lowest BCUT2D eigenvalue weighted by molar-refractivity contribution is -0.137. The minimum absolute atomic E-state index is 0.207. The molecule has 0 aliphatic rings. The normalized spacial score (nSPS) is 13.5. The summed E-state index contributed by atoms with van der Waals surface area (Å²) in [5.41, 5.74) is 0.746. The Morgan fingerprint density at radius 2 is 1.82 bits per heavy atom. The summed E-state index contributed by atoms with van der Waals surface area (Å²) >= 11 is 0. The largest absolute Gasteiger partial charge is 0.416 e. The molecule has 0 aromatic heterocycles. The first kappa shape index (κ1) is 26.4. The van der Waals surface area contributed by atoms with E-state index in [9.17, 15) is 30.8 Å². The molecule has 2 rings (SSSR count). The number of carbonyl (C=O) groups excluding carboxylic acids is 1. The zero-order valence-electron chi connectivity index (χ0n) is 18.7. The molecule has 1 atom stereocenters. The molecular weight excluding hydrogens is 460 g/mol. The highest BCUT2D eigenvalue weighted by atomic mass is 32.2. The summed E-state index contributed by atoms with van der Waals surface area (Å²) < 4.78 is 77.9. The SMILES string of the molecule is CCCc1cc(C(F)(F)F)ccc1/C=C(\C)C(=O)N[C@H](C)c1ccc(NS(C)(=O)=O)c(F)c1. The number of anilines is 1. The average molecular weight is 487 g/mol. The number of benzene rings is 2. The molecule has 0 saturated heterocycles. The van der Waals surface area contributed by atoms with Crippen LogP contribution in [-0.4, -0.2) is 20.6 Å². The summed E-state index contributed by atoms with van der Waals surface area (Å²) in [7, 11) is -3.64.